The third kappa shape index (κ3) is 5.61. The molecule has 0 radical (unpaired) electrons. The van der Waals surface area contributed by atoms with Gasteiger partial charge in [-0.2, -0.15) is 46.4 Å². The van der Waals surface area contributed by atoms with Gasteiger partial charge in [-0.25, -0.2) is 14.1 Å². The van der Waals surface area contributed by atoms with Gasteiger partial charge >= 0.3 is 18.0 Å². The number of nitrogens with zero attached hydrogens (tertiary/aromatic N) is 6. The summed E-state index contributed by atoms with van der Waals surface area (Å²) < 4.78 is 94.0. The molecule has 1 aromatic carbocycles. The Balaban J connectivity index is 1.76. The summed E-state index contributed by atoms with van der Waals surface area (Å²) >= 11 is 12.2. The number of hydrogen-bond acceptors (Lipinski definition) is 6. The Morgan fingerprint density at radius 1 is 1.02 bits per heavy atom. The van der Waals surface area contributed by atoms with Gasteiger partial charge < -0.3 is 11.1 Å². The molecule has 0 fully saturated rings. The fraction of sp³-hybridized carbons (Fsp3) is 0.217. The molecule has 0 aliphatic heterocycles. The Kier molecular flexibility index (Phi) is 7.94. The van der Waals surface area contributed by atoms with Crippen molar-refractivity contribution in [2.75, 3.05) is 5.32 Å². The number of halogens is 9. The molecule has 3 N–H and O–H groups in total. The van der Waals surface area contributed by atoms with E-state index in [1.165, 1.54) is 37.4 Å². The number of hydrogen-bond donors (Lipinski definition) is 2. The monoisotopic (exact) mass is 638 g/mol. The largest absolute Gasteiger partial charge is 0.437 e. The Hall–Kier alpha value is -4.25. The molecule has 0 atom stereocenters. The minimum absolute atomic E-state index is 0.00114. The Morgan fingerprint density at radius 2 is 1.69 bits per heavy atom. The van der Waals surface area contributed by atoms with Crippen molar-refractivity contribution in [3.05, 3.63) is 81.0 Å². The fourth-order valence-corrected chi connectivity index (χ4v) is 4.25. The molecule has 0 bridgehead atoms. The molecule has 3 heterocycles. The maximum atomic E-state index is 14.4. The van der Waals surface area contributed by atoms with E-state index < -0.39 is 42.1 Å². The number of aryl methyl sites for hydroxylation is 1. The van der Waals surface area contributed by atoms with E-state index >= 15 is 0 Å². The van der Waals surface area contributed by atoms with Gasteiger partial charge in [0.1, 0.15) is 17.9 Å². The van der Waals surface area contributed by atoms with Gasteiger partial charge in [0.15, 0.2) is 5.82 Å². The molecule has 19 heteroatoms. The van der Waals surface area contributed by atoms with Crippen LogP contribution in [0.5, 0.6) is 0 Å². The molecule has 0 aliphatic carbocycles. The Bertz CT molecular complexity index is 1670. The van der Waals surface area contributed by atoms with Crippen LogP contribution in [0.4, 0.5) is 36.4 Å². The number of rotatable bonds is 7. The number of alkyl halides is 7. The predicted octanol–water partition coefficient (Wildman–Crippen LogP) is 5.16. The van der Waals surface area contributed by atoms with Crippen LogP contribution in [0.3, 0.4) is 0 Å². The van der Waals surface area contributed by atoms with Crippen LogP contribution in [-0.2, 0) is 12.2 Å². The third-order valence-corrected chi connectivity index (χ3v) is 6.22. The summed E-state index contributed by atoms with van der Waals surface area (Å²) in [5.41, 5.74) is -2.71. The highest BCUT2D eigenvalue weighted by Gasteiger charge is 2.75. The van der Waals surface area contributed by atoms with Crippen molar-refractivity contribution < 1.29 is 40.3 Å². The normalized spacial score (nSPS) is 12.4. The van der Waals surface area contributed by atoms with Gasteiger partial charge in [-0.1, -0.05) is 23.2 Å². The van der Waals surface area contributed by atoms with Crippen molar-refractivity contribution in [3.63, 3.8) is 0 Å². The first-order valence-corrected chi connectivity index (χ1v) is 12.0. The van der Waals surface area contributed by atoms with Crippen LogP contribution in [0.2, 0.25) is 10.0 Å². The number of pyridine rings is 1. The molecule has 0 spiro atoms. The summed E-state index contributed by atoms with van der Waals surface area (Å²) in [5.74, 6) is -1.92. The summed E-state index contributed by atoms with van der Waals surface area (Å²) in [4.78, 5) is 29.7. The molecule has 0 saturated carbocycles. The van der Waals surface area contributed by atoms with E-state index in [-0.39, 0.29) is 44.7 Å². The second-order valence-corrected chi connectivity index (χ2v) is 9.46. The summed E-state index contributed by atoms with van der Waals surface area (Å²) in [6.45, 7) is 0.816. The van der Waals surface area contributed by atoms with Crippen LogP contribution >= 0.6 is 23.2 Å². The van der Waals surface area contributed by atoms with Crippen LogP contribution in [-0.4, -0.2) is 53.9 Å². The van der Waals surface area contributed by atoms with Gasteiger partial charge in [-0.15, -0.1) is 0 Å². The molecule has 0 unspecified atom stereocenters. The van der Waals surface area contributed by atoms with E-state index in [9.17, 15) is 40.3 Å². The van der Waals surface area contributed by atoms with Gasteiger partial charge in [0, 0.05) is 11.2 Å². The quantitative estimate of drug-likeness (QED) is 0.269. The number of benzene rings is 1. The molecule has 4 aromatic rings. The second kappa shape index (κ2) is 10.9. The number of anilines is 1. The highest BCUT2D eigenvalue weighted by atomic mass is 35.5. The van der Waals surface area contributed by atoms with Crippen molar-refractivity contribution >= 4 is 40.7 Å². The number of primary amides is 1. The number of amides is 2. The molecule has 10 nitrogen and oxygen atoms in total. The topological polar surface area (TPSA) is 134 Å². The SMILES string of the molecule is Cc1cc(Cl)cc(C(N)=O)c1NC(=O)c1cc(Cn2ncc(C(F)(C(F)(F)F)C(F)(F)F)n2)nn1-c1ncccc1Cl. The van der Waals surface area contributed by atoms with Crippen molar-refractivity contribution in [2.24, 2.45) is 5.73 Å². The van der Waals surface area contributed by atoms with Gasteiger partial charge in [0.2, 0.25) is 0 Å². The highest BCUT2D eigenvalue weighted by Crippen LogP contribution is 2.52. The van der Waals surface area contributed by atoms with Gasteiger partial charge in [0.25, 0.3) is 11.8 Å². The summed E-state index contributed by atoms with van der Waals surface area (Å²) in [6, 6.07) is 6.60. The second-order valence-electron chi connectivity index (χ2n) is 8.62. The molecule has 0 saturated heterocycles. The fourth-order valence-electron chi connectivity index (χ4n) is 3.77. The van der Waals surface area contributed by atoms with Crippen LogP contribution in [0.25, 0.3) is 5.82 Å². The number of nitrogens with two attached hydrogens (primary N) is 1. The zero-order valence-electron chi connectivity index (χ0n) is 20.7. The average molecular weight is 639 g/mol. The Labute approximate surface area is 240 Å². The van der Waals surface area contributed by atoms with Crippen LogP contribution < -0.4 is 11.1 Å². The minimum Gasteiger partial charge on any atom is -0.366 e. The predicted molar refractivity (Wildman–Crippen MR) is 133 cm³/mol. The molecule has 4 rings (SSSR count). The molecule has 222 valence electrons. The highest BCUT2D eigenvalue weighted by molar-refractivity contribution is 6.32. The van der Waals surface area contributed by atoms with Crippen LogP contribution in [0.15, 0.2) is 42.7 Å². The van der Waals surface area contributed by atoms with Crippen molar-refractivity contribution in [1.29, 1.82) is 0 Å². The lowest BCUT2D eigenvalue weighted by Gasteiger charge is -2.27. The number of carbonyl (C=O) groups is 2. The van der Waals surface area contributed by atoms with Crippen LogP contribution in [0.1, 0.15) is 37.8 Å². The van der Waals surface area contributed by atoms with Gasteiger partial charge in [0.05, 0.1) is 28.2 Å². The lowest BCUT2D eigenvalue weighted by Crippen LogP contribution is -2.50. The first kappa shape index (κ1) is 30.7. The van der Waals surface area contributed by atoms with Gasteiger partial charge in [-0.05, 0) is 42.8 Å². The van der Waals surface area contributed by atoms with E-state index in [1.54, 1.807) is 0 Å². The summed E-state index contributed by atoms with van der Waals surface area (Å²) in [7, 11) is 0. The van der Waals surface area contributed by atoms with Crippen LogP contribution in [0, 0.1) is 6.92 Å². The first-order chi connectivity index (χ1) is 19.4. The first-order valence-electron chi connectivity index (χ1n) is 11.3. The standard InChI is InChI=1S/C23H15Cl2F7N8O2/c1-10-5-11(24)6-13(18(33)41)17(10)36-20(42)15-7-12(37-40(15)19-14(25)3-2-4-34-19)9-39-35-8-16(38-39)21(26,22(27,28)29)23(30,31)32/h2-8H,9H2,1H3,(H2,33,41)(H,36,42). The molecule has 3 aromatic heterocycles. The molecule has 0 aliphatic rings. The van der Waals surface area contributed by atoms with Crippen molar-refractivity contribution in [3.8, 4) is 5.82 Å². The third-order valence-electron chi connectivity index (χ3n) is 5.71. The zero-order chi connectivity index (χ0) is 31.2. The lowest BCUT2D eigenvalue weighted by atomic mass is 10.0. The minimum atomic E-state index is -6.39. The molecular formula is C23H15Cl2F7N8O2. The lowest BCUT2D eigenvalue weighted by molar-refractivity contribution is -0.350. The number of carbonyl (C=O) groups excluding carboxylic acids is 2. The zero-order valence-corrected chi connectivity index (χ0v) is 22.2. The van der Waals surface area contributed by atoms with E-state index in [0.29, 0.717) is 10.4 Å². The number of aromatic nitrogens is 6. The van der Waals surface area contributed by atoms with Gasteiger partial charge in [-0.3, -0.25) is 9.59 Å². The van der Waals surface area contributed by atoms with E-state index in [4.69, 9.17) is 28.9 Å². The summed E-state index contributed by atoms with van der Waals surface area (Å²) in [5, 5.41) is 13.1. The maximum Gasteiger partial charge on any atom is 0.437 e. The van der Waals surface area contributed by atoms with E-state index in [1.807, 2.05) is 0 Å². The smallest absolute Gasteiger partial charge is 0.366 e. The van der Waals surface area contributed by atoms with E-state index in [0.717, 1.165) is 10.7 Å². The maximum absolute atomic E-state index is 14.4. The Morgan fingerprint density at radius 3 is 2.29 bits per heavy atom. The van der Waals surface area contributed by atoms with E-state index in [2.05, 4.69) is 25.6 Å². The number of nitrogens with one attached hydrogen (secondary N) is 1. The molecule has 42 heavy (non-hydrogen) atoms. The average Bonchev–Trinajstić information content (AvgIpc) is 3.51. The van der Waals surface area contributed by atoms with Crippen molar-refractivity contribution in [1.82, 2.24) is 29.8 Å². The van der Waals surface area contributed by atoms with Crippen molar-refractivity contribution in [2.45, 2.75) is 31.5 Å². The summed E-state index contributed by atoms with van der Waals surface area (Å²) in [6.07, 6.45) is -11.5. The molecular weight excluding hydrogens is 624 g/mol. The molecule has 2 amide bonds.